The van der Waals surface area contributed by atoms with E-state index in [2.05, 4.69) is 0 Å². The molecular weight excluding hydrogens is 256 g/mol. The molecule has 0 heterocycles. The van der Waals surface area contributed by atoms with E-state index in [0.717, 1.165) is 0 Å². The molecule has 0 saturated carbocycles. The van der Waals surface area contributed by atoms with Gasteiger partial charge in [-0.15, -0.1) is 0 Å². The highest BCUT2D eigenvalue weighted by molar-refractivity contribution is 6.20. The highest BCUT2D eigenvalue weighted by atomic mass is 16.5. The maximum Gasteiger partial charge on any atom is 0.336 e. The van der Waals surface area contributed by atoms with Gasteiger partial charge in [0.15, 0.2) is 11.5 Å². The monoisotopic (exact) mass is 270 g/mol. The van der Waals surface area contributed by atoms with Crippen molar-refractivity contribution < 1.29 is 19.7 Å². The lowest BCUT2D eigenvalue weighted by Crippen LogP contribution is -1.99. The maximum atomic E-state index is 11.4. The number of aliphatic carboxylic acids is 1. The molecule has 0 aliphatic heterocycles. The van der Waals surface area contributed by atoms with Crippen LogP contribution in [0.25, 0.3) is 11.6 Å². The first-order valence-corrected chi connectivity index (χ1v) is 5.99. The number of aromatic hydroxyl groups is 1. The van der Waals surface area contributed by atoms with Gasteiger partial charge in [0.2, 0.25) is 0 Å². The first kappa shape index (κ1) is 13.7. The topological polar surface area (TPSA) is 66.8 Å². The van der Waals surface area contributed by atoms with Crippen LogP contribution in [0.5, 0.6) is 11.5 Å². The number of carboxylic acid groups (broad SMARTS) is 1. The lowest BCUT2D eigenvalue weighted by Gasteiger charge is -2.06. The Kier molecular flexibility index (Phi) is 4.05. The molecule has 0 fully saturated rings. The van der Waals surface area contributed by atoms with Crippen LogP contribution in [0.4, 0.5) is 0 Å². The molecule has 0 amide bonds. The average Bonchev–Trinajstić information content (AvgIpc) is 2.47. The summed E-state index contributed by atoms with van der Waals surface area (Å²) in [5.74, 6) is -0.693. The summed E-state index contributed by atoms with van der Waals surface area (Å²) in [5.41, 5.74) is 1.44. The molecule has 4 heteroatoms. The van der Waals surface area contributed by atoms with Gasteiger partial charge in [-0.1, -0.05) is 36.4 Å². The summed E-state index contributed by atoms with van der Waals surface area (Å²) < 4.78 is 5.01. The minimum absolute atomic E-state index is 0.0150. The molecule has 0 aromatic heterocycles. The van der Waals surface area contributed by atoms with Crippen LogP contribution < -0.4 is 4.74 Å². The number of rotatable bonds is 4. The van der Waals surface area contributed by atoms with Crippen LogP contribution in [0.3, 0.4) is 0 Å². The Bertz CT molecular complexity index is 645. The van der Waals surface area contributed by atoms with Crippen LogP contribution in [0.1, 0.15) is 11.1 Å². The Morgan fingerprint density at radius 2 is 1.85 bits per heavy atom. The van der Waals surface area contributed by atoms with Crippen molar-refractivity contribution in [2.45, 2.75) is 0 Å². The predicted octanol–water partition coefficient (Wildman–Crippen LogP) is 3.03. The van der Waals surface area contributed by atoms with Crippen molar-refractivity contribution in [1.82, 2.24) is 0 Å². The van der Waals surface area contributed by atoms with Crippen LogP contribution in [-0.2, 0) is 4.79 Å². The molecule has 0 spiro atoms. The number of phenols is 1. The summed E-state index contributed by atoms with van der Waals surface area (Å²) in [6, 6.07) is 13.5. The number of hydrogen-bond acceptors (Lipinski definition) is 3. The third kappa shape index (κ3) is 2.98. The quantitative estimate of drug-likeness (QED) is 0.662. The largest absolute Gasteiger partial charge is 0.504 e. The Balaban J connectivity index is 2.47. The number of benzene rings is 2. The summed E-state index contributed by atoms with van der Waals surface area (Å²) in [5, 5.41) is 18.9. The average molecular weight is 270 g/mol. The number of phenolic OH excluding ortho intramolecular Hbond substituents is 1. The van der Waals surface area contributed by atoms with E-state index >= 15 is 0 Å². The highest BCUT2D eigenvalue weighted by Crippen LogP contribution is 2.28. The molecule has 0 radical (unpaired) electrons. The van der Waals surface area contributed by atoms with Crippen molar-refractivity contribution >= 4 is 17.6 Å². The van der Waals surface area contributed by atoms with Gasteiger partial charge in [0.1, 0.15) is 0 Å². The standard InChI is InChI=1S/C16H14O4/c1-20-15-10-11(7-8-14(15)17)9-13(16(18)19)12-5-3-2-4-6-12/h2-10,17H,1H3,(H,18,19)/b13-9+. The predicted molar refractivity (Wildman–Crippen MR) is 76.6 cm³/mol. The van der Waals surface area contributed by atoms with Crippen molar-refractivity contribution in [1.29, 1.82) is 0 Å². The van der Waals surface area contributed by atoms with E-state index in [1.165, 1.54) is 13.2 Å². The number of carboxylic acids is 1. The number of ether oxygens (including phenoxy) is 1. The third-order valence-corrected chi connectivity index (χ3v) is 2.83. The molecule has 20 heavy (non-hydrogen) atoms. The summed E-state index contributed by atoms with van der Waals surface area (Å²) in [7, 11) is 1.44. The Morgan fingerprint density at radius 1 is 1.15 bits per heavy atom. The normalized spacial score (nSPS) is 11.2. The lowest BCUT2D eigenvalue weighted by atomic mass is 10.0. The van der Waals surface area contributed by atoms with E-state index in [1.54, 1.807) is 42.5 Å². The van der Waals surface area contributed by atoms with Gasteiger partial charge in [0.25, 0.3) is 0 Å². The SMILES string of the molecule is COc1cc(/C=C(/C(=O)O)c2ccccc2)ccc1O. The molecule has 102 valence electrons. The van der Waals surface area contributed by atoms with Crippen LogP contribution >= 0.6 is 0 Å². The Morgan fingerprint density at radius 3 is 2.45 bits per heavy atom. The zero-order valence-corrected chi connectivity index (χ0v) is 10.9. The van der Waals surface area contributed by atoms with E-state index in [4.69, 9.17) is 4.74 Å². The third-order valence-electron chi connectivity index (χ3n) is 2.83. The van der Waals surface area contributed by atoms with Crippen molar-refractivity contribution in [3.63, 3.8) is 0 Å². The summed E-state index contributed by atoms with van der Waals surface area (Å²) in [6.45, 7) is 0. The van der Waals surface area contributed by atoms with E-state index in [1.807, 2.05) is 6.07 Å². The lowest BCUT2D eigenvalue weighted by molar-refractivity contribution is -0.130. The fourth-order valence-electron chi connectivity index (χ4n) is 1.84. The van der Waals surface area contributed by atoms with Crippen molar-refractivity contribution in [3.8, 4) is 11.5 Å². The molecule has 2 aromatic rings. The molecule has 0 atom stereocenters. The van der Waals surface area contributed by atoms with E-state index < -0.39 is 5.97 Å². The first-order chi connectivity index (χ1) is 9.61. The molecule has 2 N–H and O–H groups in total. The Labute approximate surface area is 116 Å². The summed E-state index contributed by atoms with van der Waals surface area (Å²) >= 11 is 0. The molecule has 2 rings (SSSR count). The fourth-order valence-corrected chi connectivity index (χ4v) is 1.84. The van der Waals surface area contributed by atoms with Crippen molar-refractivity contribution in [2.75, 3.05) is 7.11 Å². The molecular formula is C16H14O4. The molecule has 0 bridgehead atoms. The summed E-state index contributed by atoms with van der Waals surface area (Å²) in [4.78, 5) is 11.4. The second kappa shape index (κ2) is 5.93. The van der Waals surface area contributed by atoms with Gasteiger partial charge in [0, 0.05) is 0 Å². The van der Waals surface area contributed by atoms with Gasteiger partial charge in [-0.05, 0) is 29.3 Å². The number of carbonyl (C=O) groups is 1. The number of methoxy groups -OCH3 is 1. The van der Waals surface area contributed by atoms with Gasteiger partial charge in [-0.2, -0.15) is 0 Å². The van der Waals surface area contributed by atoms with Gasteiger partial charge < -0.3 is 14.9 Å². The molecule has 0 unspecified atom stereocenters. The molecule has 4 nitrogen and oxygen atoms in total. The van der Waals surface area contributed by atoms with Crippen LogP contribution in [0, 0.1) is 0 Å². The second-order valence-corrected chi connectivity index (χ2v) is 4.16. The minimum atomic E-state index is -1.01. The van der Waals surface area contributed by atoms with Gasteiger partial charge in [-0.3, -0.25) is 0 Å². The van der Waals surface area contributed by atoms with Gasteiger partial charge in [0.05, 0.1) is 12.7 Å². The maximum absolute atomic E-state index is 11.4. The Hall–Kier alpha value is -2.75. The number of hydrogen-bond donors (Lipinski definition) is 2. The van der Waals surface area contributed by atoms with Crippen LogP contribution in [0.15, 0.2) is 48.5 Å². The smallest absolute Gasteiger partial charge is 0.336 e. The van der Waals surface area contributed by atoms with Gasteiger partial charge in [-0.25, -0.2) is 4.79 Å². The van der Waals surface area contributed by atoms with E-state index in [9.17, 15) is 15.0 Å². The van der Waals surface area contributed by atoms with Gasteiger partial charge >= 0.3 is 5.97 Å². The van der Waals surface area contributed by atoms with Crippen LogP contribution in [-0.4, -0.2) is 23.3 Å². The van der Waals surface area contributed by atoms with Crippen molar-refractivity contribution in [3.05, 3.63) is 59.7 Å². The zero-order chi connectivity index (χ0) is 14.5. The fraction of sp³-hybridized carbons (Fsp3) is 0.0625. The molecule has 0 aliphatic carbocycles. The minimum Gasteiger partial charge on any atom is -0.504 e. The van der Waals surface area contributed by atoms with E-state index in [0.29, 0.717) is 16.9 Å². The van der Waals surface area contributed by atoms with Crippen LogP contribution in [0.2, 0.25) is 0 Å². The first-order valence-electron chi connectivity index (χ1n) is 5.99. The summed E-state index contributed by atoms with van der Waals surface area (Å²) in [6.07, 6.45) is 1.54. The second-order valence-electron chi connectivity index (χ2n) is 4.16. The van der Waals surface area contributed by atoms with Crippen molar-refractivity contribution in [2.24, 2.45) is 0 Å². The zero-order valence-electron chi connectivity index (χ0n) is 10.9. The molecule has 2 aromatic carbocycles. The van der Waals surface area contributed by atoms with E-state index in [-0.39, 0.29) is 11.3 Å². The molecule has 0 saturated heterocycles. The molecule has 0 aliphatic rings. The highest BCUT2D eigenvalue weighted by Gasteiger charge is 2.10.